The van der Waals surface area contributed by atoms with Crippen molar-refractivity contribution >= 4 is 28.7 Å². The van der Waals surface area contributed by atoms with Crippen LogP contribution in [0.3, 0.4) is 0 Å². The summed E-state index contributed by atoms with van der Waals surface area (Å²) in [4.78, 5) is 2.25. The van der Waals surface area contributed by atoms with Gasteiger partial charge in [0.25, 0.3) is 0 Å². The summed E-state index contributed by atoms with van der Waals surface area (Å²) >= 11 is 6.47. The van der Waals surface area contributed by atoms with Gasteiger partial charge in [0.15, 0.2) is 3.95 Å². The fourth-order valence-electron chi connectivity index (χ4n) is 1.34. The average Bonchev–Trinajstić information content (AvgIpc) is 2.47. The van der Waals surface area contributed by atoms with E-state index in [2.05, 4.69) is 10.00 Å². The Labute approximate surface area is 91.1 Å². The van der Waals surface area contributed by atoms with Crippen molar-refractivity contribution in [1.29, 1.82) is 0 Å². The maximum atomic E-state index is 5.56. The van der Waals surface area contributed by atoms with Crippen LogP contribution in [-0.4, -0.2) is 41.0 Å². The molecule has 0 aromatic carbocycles. The van der Waals surface area contributed by atoms with Crippen molar-refractivity contribution in [3.63, 3.8) is 0 Å². The topological polar surface area (TPSA) is 56.3 Å². The fraction of sp³-hybridized carbons (Fsp3) is 0.714. The third-order valence-electron chi connectivity index (χ3n) is 2.06. The lowest BCUT2D eigenvalue weighted by atomic mass is 10.4. The van der Waals surface area contributed by atoms with Crippen molar-refractivity contribution in [2.24, 2.45) is 0 Å². The van der Waals surface area contributed by atoms with Gasteiger partial charge >= 0.3 is 0 Å². The Balaban J connectivity index is 2.02. The van der Waals surface area contributed by atoms with Gasteiger partial charge in [-0.15, -0.1) is 5.10 Å². The number of nitrogens with two attached hydrogens (primary N) is 1. The third-order valence-corrected chi connectivity index (χ3v) is 3.20. The van der Waals surface area contributed by atoms with Gasteiger partial charge in [0.05, 0.1) is 19.9 Å². The van der Waals surface area contributed by atoms with E-state index in [4.69, 9.17) is 22.7 Å². The Bertz CT molecular complexity index is 355. The zero-order chi connectivity index (χ0) is 9.97. The summed E-state index contributed by atoms with van der Waals surface area (Å²) in [5.41, 5.74) is 5.56. The van der Waals surface area contributed by atoms with Crippen LogP contribution in [-0.2, 0) is 11.4 Å². The Hall–Kier alpha value is -0.500. The number of rotatable bonds is 2. The molecule has 2 rings (SSSR count). The summed E-state index contributed by atoms with van der Waals surface area (Å²) in [7, 11) is 0. The van der Waals surface area contributed by atoms with Crippen LogP contribution in [0.1, 0.15) is 0 Å². The summed E-state index contributed by atoms with van der Waals surface area (Å²) in [5.74, 6) is 0. The molecule has 0 amide bonds. The van der Waals surface area contributed by atoms with Gasteiger partial charge in [0, 0.05) is 13.1 Å². The fourth-order valence-corrected chi connectivity index (χ4v) is 2.22. The number of aromatic nitrogens is 2. The highest BCUT2D eigenvalue weighted by molar-refractivity contribution is 7.73. The van der Waals surface area contributed by atoms with Crippen molar-refractivity contribution in [1.82, 2.24) is 14.7 Å². The maximum Gasteiger partial charge on any atom is 0.202 e. The molecule has 7 heteroatoms. The van der Waals surface area contributed by atoms with Gasteiger partial charge in [-0.3, -0.25) is 4.90 Å². The molecule has 0 aliphatic carbocycles. The molecule has 2 heterocycles. The van der Waals surface area contributed by atoms with E-state index in [0.717, 1.165) is 36.9 Å². The first-order chi connectivity index (χ1) is 6.75. The number of hydrogen-bond acceptors (Lipinski definition) is 6. The standard InChI is InChI=1S/C7H12N4OS2/c8-6-9-11(7(13)14-6)5-10-1-3-12-4-2-10/h1-5H2,(H2,8,9). The average molecular weight is 232 g/mol. The van der Waals surface area contributed by atoms with Crippen molar-refractivity contribution < 1.29 is 4.74 Å². The van der Waals surface area contributed by atoms with Gasteiger partial charge < -0.3 is 10.5 Å². The van der Waals surface area contributed by atoms with E-state index in [0.29, 0.717) is 5.13 Å². The van der Waals surface area contributed by atoms with Crippen molar-refractivity contribution in [3.05, 3.63) is 3.95 Å². The molecule has 0 bridgehead atoms. The molecule has 1 aliphatic rings. The van der Waals surface area contributed by atoms with E-state index in [1.807, 2.05) is 0 Å². The van der Waals surface area contributed by atoms with Crippen LogP contribution in [0.5, 0.6) is 0 Å². The van der Waals surface area contributed by atoms with E-state index >= 15 is 0 Å². The molecule has 1 aromatic rings. The molecule has 1 saturated heterocycles. The van der Waals surface area contributed by atoms with E-state index < -0.39 is 0 Å². The minimum Gasteiger partial charge on any atom is -0.379 e. The number of nitrogens with zero attached hydrogens (tertiary/aromatic N) is 3. The Morgan fingerprint density at radius 1 is 1.50 bits per heavy atom. The molecule has 1 fully saturated rings. The second kappa shape index (κ2) is 4.35. The molecular weight excluding hydrogens is 220 g/mol. The molecule has 78 valence electrons. The predicted octanol–water partition coefficient (Wildman–Crippen LogP) is 0.546. The van der Waals surface area contributed by atoms with Crippen LogP contribution in [0.15, 0.2) is 0 Å². The van der Waals surface area contributed by atoms with Crippen molar-refractivity contribution in [2.45, 2.75) is 6.67 Å². The normalized spacial score (nSPS) is 18.6. The monoisotopic (exact) mass is 232 g/mol. The van der Waals surface area contributed by atoms with Crippen LogP contribution in [0, 0.1) is 3.95 Å². The Kier molecular flexibility index (Phi) is 3.12. The SMILES string of the molecule is Nc1nn(CN2CCOCC2)c(=S)s1. The van der Waals surface area contributed by atoms with Crippen LogP contribution in [0.2, 0.25) is 0 Å². The quantitative estimate of drug-likeness (QED) is 0.755. The first kappa shape index (κ1) is 10.0. The minimum absolute atomic E-state index is 0.531. The number of morpholine rings is 1. The van der Waals surface area contributed by atoms with Gasteiger partial charge in [-0.1, -0.05) is 11.3 Å². The maximum absolute atomic E-state index is 5.56. The lowest BCUT2D eigenvalue weighted by Gasteiger charge is -2.25. The summed E-state index contributed by atoms with van der Waals surface area (Å²) < 4.78 is 7.75. The van der Waals surface area contributed by atoms with E-state index in [1.54, 1.807) is 4.68 Å². The number of hydrogen-bond donors (Lipinski definition) is 1. The van der Waals surface area contributed by atoms with Gasteiger partial charge in [-0.25, -0.2) is 4.68 Å². The first-order valence-electron chi connectivity index (χ1n) is 4.39. The van der Waals surface area contributed by atoms with Gasteiger partial charge in [-0.05, 0) is 12.2 Å². The summed E-state index contributed by atoms with van der Waals surface area (Å²) in [5, 5.41) is 4.66. The molecule has 0 atom stereocenters. The van der Waals surface area contributed by atoms with Crippen LogP contribution >= 0.6 is 23.6 Å². The molecule has 2 N–H and O–H groups in total. The summed E-state index contributed by atoms with van der Waals surface area (Å²) in [6, 6.07) is 0. The zero-order valence-electron chi connectivity index (χ0n) is 7.68. The van der Waals surface area contributed by atoms with E-state index in [1.165, 1.54) is 11.3 Å². The van der Waals surface area contributed by atoms with Crippen LogP contribution in [0.25, 0.3) is 0 Å². The lowest BCUT2D eigenvalue weighted by Crippen LogP contribution is -2.37. The second-order valence-corrected chi connectivity index (χ2v) is 4.73. The third kappa shape index (κ3) is 2.30. The molecule has 0 unspecified atom stereocenters. The molecule has 0 radical (unpaired) electrons. The minimum atomic E-state index is 0.531. The lowest BCUT2D eigenvalue weighted by molar-refractivity contribution is 0.0212. The van der Waals surface area contributed by atoms with Gasteiger partial charge in [0.1, 0.15) is 0 Å². The molecule has 0 spiro atoms. The smallest absolute Gasteiger partial charge is 0.202 e. The van der Waals surface area contributed by atoms with Crippen molar-refractivity contribution in [2.75, 3.05) is 32.0 Å². The van der Waals surface area contributed by atoms with Gasteiger partial charge in [0.2, 0.25) is 5.13 Å². The molecular formula is C7H12N4OS2. The first-order valence-corrected chi connectivity index (χ1v) is 5.62. The summed E-state index contributed by atoms with van der Waals surface area (Å²) in [6.45, 7) is 4.15. The number of anilines is 1. The predicted molar refractivity (Wildman–Crippen MR) is 57.7 cm³/mol. The molecule has 5 nitrogen and oxygen atoms in total. The number of nitrogen functional groups attached to an aromatic ring is 1. The zero-order valence-corrected chi connectivity index (χ0v) is 9.31. The number of ether oxygens (including phenoxy) is 1. The van der Waals surface area contributed by atoms with Crippen LogP contribution < -0.4 is 5.73 Å². The largest absolute Gasteiger partial charge is 0.379 e. The molecule has 0 saturated carbocycles. The second-order valence-electron chi connectivity index (χ2n) is 3.08. The van der Waals surface area contributed by atoms with E-state index in [9.17, 15) is 0 Å². The Morgan fingerprint density at radius 2 is 2.21 bits per heavy atom. The summed E-state index contributed by atoms with van der Waals surface area (Å²) in [6.07, 6.45) is 0. The molecule has 1 aromatic heterocycles. The highest BCUT2D eigenvalue weighted by Crippen LogP contribution is 2.10. The molecule has 1 aliphatic heterocycles. The van der Waals surface area contributed by atoms with Crippen molar-refractivity contribution in [3.8, 4) is 0 Å². The Morgan fingerprint density at radius 3 is 2.79 bits per heavy atom. The van der Waals surface area contributed by atoms with Crippen LogP contribution in [0.4, 0.5) is 5.13 Å². The van der Waals surface area contributed by atoms with Gasteiger partial charge in [-0.2, -0.15) is 0 Å². The van der Waals surface area contributed by atoms with E-state index in [-0.39, 0.29) is 0 Å². The highest BCUT2D eigenvalue weighted by Gasteiger charge is 2.11. The molecule has 14 heavy (non-hydrogen) atoms. The highest BCUT2D eigenvalue weighted by atomic mass is 32.1.